The Labute approximate surface area is 148 Å². The van der Waals surface area contributed by atoms with Crippen molar-refractivity contribution in [2.45, 2.75) is 6.10 Å². The standard InChI is InChI=1S/C19H24N2O4/c1-21(2)14-10-8-13(9-11-14)16(22)12-20-19(23)15-6-5-7-17(24-3)18(15)25-4/h5-11,16,22H,12H2,1-4H3,(H,20,23)/t16-/m1/s1. The smallest absolute Gasteiger partial charge is 0.255 e. The van der Waals surface area contributed by atoms with Crippen LogP contribution in [0.4, 0.5) is 5.69 Å². The lowest BCUT2D eigenvalue weighted by molar-refractivity contribution is 0.0912. The Morgan fingerprint density at radius 1 is 1.12 bits per heavy atom. The Hall–Kier alpha value is -2.73. The van der Waals surface area contributed by atoms with Crippen molar-refractivity contribution in [3.63, 3.8) is 0 Å². The van der Waals surface area contributed by atoms with Crippen LogP contribution in [0.25, 0.3) is 0 Å². The molecule has 1 amide bonds. The maximum atomic E-state index is 12.4. The van der Waals surface area contributed by atoms with E-state index in [2.05, 4.69) is 5.32 Å². The van der Waals surface area contributed by atoms with Gasteiger partial charge in [-0.15, -0.1) is 0 Å². The van der Waals surface area contributed by atoms with Gasteiger partial charge in [-0.2, -0.15) is 0 Å². The van der Waals surface area contributed by atoms with Crippen LogP contribution >= 0.6 is 0 Å². The minimum atomic E-state index is -0.795. The molecule has 0 spiro atoms. The summed E-state index contributed by atoms with van der Waals surface area (Å²) in [7, 11) is 6.90. The Bertz CT molecular complexity index is 714. The van der Waals surface area contributed by atoms with Gasteiger partial charge in [0.15, 0.2) is 11.5 Å². The average molecular weight is 344 g/mol. The van der Waals surface area contributed by atoms with Crippen LogP contribution < -0.4 is 19.7 Å². The number of benzene rings is 2. The average Bonchev–Trinajstić information content (AvgIpc) is 2.64. The molecule has 0 radical (unpaired) electrons. The van der Waals surface area contributed by atoms with Gasteiger partial charge in [-0.3, -0.25) is 4.79 Å². The zero-order valence-electron chi connectivity index (χ0n) is 14.9. The van der Waals surface area contributed by atoms with Crippen molar-refractivity contribution in [2.24, 2.45) is 0 Å². The molecule has 0 heterocycles. The number of anilines is 1. The third kappa shape index (κ3) is 4.42. The van der Waals surface area contributed by atoms with E-state index in [0.717, 1.165) is 11.3 Å². The molecule has 0 aromatic heterocycles. The second kappa shape index (κ2) is 8.39. The quantitative estimate of drug-likeness (QED) is 0.806. The summed E-state index contributed by atoms with van der Waals surface area (Å²) in [4.78, 5) is 14.4. The summed E-state index contributed by atoms with van der Waals surface area (Å²) in [6, 6.07) is 12.6. The normalized spacial score (nSPS) is 11.6. The highest BCUT2D eigenvalue weighted by Crippen LogP contribution is 2.30. The summed E-state index contributed by atoms with van der Waals surface area (Å²) >= 11 is 0. The molecule has 2 rings (SSSR count). The number of carbonyl (C=O) groups is 1. The predicted octanol–water partition coefficient (Wildman–Crippen LogP) is 2.23. The molecule has 134 valence electrons. The van der Waals surface area contributed by atoms with Crippen LogP contribution in [-0.4, -0.2) is 45.9 Å². The fourth-order valence-corrected chi connectivity index (χ4v) is 2.46. The number of ether oxygens (including phenoxy) is 2. The molecule has 6 heteroatoms. The maximum absolute atomic E-state index is 12.4. The molecule has 0 fully saturated rings. The highest BCUT2D eigenvalue weighted by Gasteiger charge is 2.17. The Kier molecular flexibility index (Phi) is 6.25. The first kappa shape index (κ1) is 18.6. The molecule has 0 aliphatic heterocycles. The number of hydrogen-bond acceptors (Lipinski definition) is 5. The number of amides is 1. The zero-order chi connectivity index (χ0) is 18.4. The summed E-state index contributed by atoms with van der Waals surface area (Å²) < 4.78 is 10.5. The van der Waals surface area contributed by atoms with Crippen LogP contribution in [0.1, 0.15) is 22.0 Å². The van der Waals surface area contributed by atoms with Gasteiger partial charge in [0.05, 0.1) is 25.9 Å². The lowest BCUT2D eigenvalue weighted by Crippen LogP contribution is -2.28. The first-order valence-corrected chi connectivity index (χ1v) is 7.92. The summed E-state index contributed by atoms with van der Waals surface area (Å²) in [5.74, 6) is 0.516. The first-order chi connectivity index (χ1) is 12.0. The van der Waals surface area contributed by atoms with Gasteiger partial charge in [-0.1, -0.05) is 18.2 Å². The molecular formula is C19H24N2O4. The number of para-hydroxylation sites is 1. The number of aliphatic hydroxyl groups excluding tert-OH is 1. The van der Waals surface area contributed by atoms with Crippen molar-refractivity contribution in [3.8, 4) is 11.5 Å². The molecular weight excluding hydrogens is 320 g/mol. The number of aliphatic hydroxyl groups is 1. The molecule has 0 unspecified atom stereocenters. The highest BCUT2D eigenvalue weighted by atomic mass is 16.5. The Balaban J connectivity index is 2.04. The maximum Gasteiger partial charge on any atom is 0.255 e. The van der Waals surface area contributed by atoms with Crippen LogP contribution in [-0.2, 0) is 0 Å². The molecule has 0 saturated carbocycles. The summed E-state index contributed by atoms with van der Waals surface area (Å²) in [6.07, 6.45) is -0.795. The molecule has 1 atom stereocenters. The summed E-state index contributed by atoms with van der Waals surface area (Å²) in [5.41, 5.74) is 2.14. The SMILES string of the molecule is COc1cccc(C(=O)NC[C@@H](O)c2ccc(N(C)C)cc2)c1OC. The number of carbonyl (C=O) groups excluding carboxylic acids is 1. The van der Waals surface area contributed by atoms with Gasteiger partial charge in [-0.25, -0.2) is 0 Å². The molecule has 0 aliphatic rings. The van der Waals surface area contributed by atoms with E-state index in [1.54, 1.807) is 18.2 Å². The summed E-state index contributed by atoms with van der Waals surface area (Å²) in [5, 5.41) is 13.0. The van der Waals surface area contributed by atoms with Gasteiger partial charge in [-0.05, 0) is 29.8 Å². The third-order valence-corrected chi connectivity index (χ3v) is 3.90. The number of nitrogens with zero attached hydrogens (tertiary/aromatic N) is 1. The highest BCUT2D eigenvalue weighted by molar-refractivity contribution is 5.97. The van der Waals surface area contributed by atoms with E-state index in [1.807, 2.05) is 43.3 Å². The molecule has 25 heavy (non-hydrogen) atoms. The first-order valence-electron chi connectivity index (χ1n) is 7.92. The van der Waals surface area contributed by atoms with Crippen molar-refractivity contribution in [1.29, 1.82) is 0 Å². The summed E-state index contributed by atoms with van der Waals surface area (Å²) in [6.45, 7) is 0.0977. The number of rotatable bonds is 7. The van der Waals surface area contributed by atoms with Crippen LogP contribution in [0.15, 0.2) is 42.5 Å². The number of methoxy groups -OCH3 is 2. The van der Waals surface area contributed by atoms with E-state index in [9.17, 15) is 9.90 Å². The van der Waals surface area contributed by atoms with Gasteiger partial charge < -0.3 is 24.8 Å². The third-order valence-electron chi connectivity index (χ3n) is 3.90. The number of nitrogens with one attached hydrogen (secondary N) is 1. The van der Waals surface area contributed by atoms with Gasteiger partial charge in [0.25, 0.3) is 5.91 Å². The van der Waals surface area contributed by atoms with Crippen LogP contribution in [0, 0.1) is 0 Å². The van der Waals surface area contributed by atoms with Gasteiger partial charge >= 0.3 is 0 Å². The van der Waals surface area contributed by atoms with Crippen molar-refractivity contribution >= 4 is 11.6 Å². The molecule has 2 N–H and O–H groups in total. The van der Waals surface area contributed by atoms with Crippen LogP contribution in [0.5, 0.6) is 11.5 Å². The second-order valence-electron chi connectivity index (χ2n) is 5.75. The van der Waals surface area contributed by atoms with E-state index in [1.165, 1.54) is 14.2 Å². The second-order valence-corrected chi connectivity index (χ2v) is 5.75. The minimum absolute atomic E-state index is 0.0977. The van der Waals surface area contributed by atoms with Gasteiger partial charge in [0.1, 0.15) is 0 Å². The van der Waals surface area contributed by atoms with E-state index in [4.69, 9.17) is 9.47 Å². The van der Waals surface area contributed by atoms with E-state index >= 15 is 0 Å². The van der Waals surface area contributed by atoms with Crippen molar-refractivity contribution < 1.29 is 19.4 Å². The topological polar surface area (TPSA) is 71.0 Å². The van der Waals surface area contributed by atoms with Crippen molar-refractivity contribution in [3.05, 3.63) is 53.6 Å². The van der Waals surface area contributed by atoms with E-state index < -0.39 is 6.10 Å². The molecule has 2 aromatic rings. The zero-order valence-corrected chi connectivity index (χ0v) is 14.9. The Morgan fingerprint density at radius 3 is 2.36 bits per heavy atom. The molecule has 0 bridgehead atoms. The van der Waals surface area contributed by atoms with E-state index in [0.29, 0.717) is 17.1 Å². The Morgan fingerprint density at radius 2 is 1.80 bits per heavy atom. The largest absolute Gasteiger partial charge is 0.493 e. The van der Waals surface area contributed by atoms with Crippen molar-refractivity contribution in [1.82, 2.24) is 5.32 Å². The minimum Gasteiger partial charge on any atom is -0.493 e. The van der Waals surface area contributed by atoms with Crippen LogP contribution in [0.3, 0.4) is 0 Å². The fraction of sp³-hybridized carbons (Fsp3) is 0.316. The molecule has 0 aliphatic carbocycles. The van der Waals surface area contributed by atoms with Crippen LogP contribution in [0.2, 0.25) is 0 Å². The van der Waals surface area contributed by atoms with Gasteiger partial charge in [0, 0.05) is 26.3 Å². The lowest BCUT2D eigenvalue weighted by Gasteiger charge is -2.16. The fourth-order valence-electron chi connectivity index (χ4n) is 2.46. The predicted molar refractivity (Wildman–Crippen MR) is 97.6 cm³/mol. The molecule has 0 saturated heterocycles. The lowest BCUT2D eigenvalue weighted by atomic mass is 10.1. The molecule has 2 aromatic carbocycles. The monoisotopic (exact) mass is 344 g/mol. The van der Waals surface area contributed by atoms with Crippen molar-refractivity contribution in [2.75, 3.05) is 39.8 Å². The van der Waals surface area contributed by atoms with Gasteiger partial charge in [0.2, 0.25) is 0 Å². The van der Waals surface area contributed by atoms with E-state index in [-0.39, 0.29) is 12.5 Å². The molecule has 6 nitrogen and oxygen atoms in total. The number of hydrogen-bond donors (Lipinski definition) is 2.